The first-order chi connectivity index (χ1) is 6.20. The van der Waals surface area contributed by atoms with Crippen molar-refractivity contribution in [1.29, 1.82) is 0 Å². The summed E-state index contributed by atoms with van der Waals surface area (Å²) in [6, 6.07) is 0. The molecule has 14 heavy (non-hydrogen) atoms. The lowest BCUT2D eigenvalue weighted by Crippen LogP contribution is -2.43. The monoisotopic (exact) mass is 216 g/mol. The van der Waals surface area contributed by atoms with Crippen LogP contribution in [0.3, 0.4) is 0 Å². The lowest BCUT2D eigenvalue weighted by molar-refractivity contribution is -0.108. The number of rotatable bonds is 5. The SMILES string of the molecule is CC(CCC=O)O[Si](C)(C)C(C)(C)C. The van der Waals surface area contributed by atoms with Gasteiger partial charge in [-0.2, -0.15) is 0 Å². The van der Waals surface area contributed by atoms with Crippen LogP contribution in [0.1, 0.15) is 40.5 Å². The average molecular weight is 216 g/mol. The highest BCUT2D eigenvalue weighted by Gasteiger charge is 2.38. The molecule has 0 aromatic heterocycles. The molecule has 0 aromatic rings. The Morgan fingerprint density at radius 1 is 1.36 bits per heavy atom. The summed E-state index contributed by atoms with van der Waals surface area (Å²) in [5, 5.41) is 0.252. The van der Waals surface area contributed by atoms with Crippen LogP contribution in [0.15, 0.2) is 0 Å². The van der Waals surface area contributed by atoms with Gasteiger partial charge in [-0.1, -0.05) is 20.8 Å². The Morgan fingerprint density at radius 2 is 1.86 bits per heavy atom. The summed E-state index contributed by atoms with van der Waals surface area (Å²) in [5.41, 5.74) is 0. The molecule has 3 heteroatoms. The number of carbonyl (C=O) groups excluding carboxylic acids is 1. The molecule has 0 saturated heterocycles. The van der Waals surface area contributed by atoms with E-state index in [0.29, 0.717) is 6.42 Å². The van der Waals surface area contributed by atoms with Crippen LogP contribution < -0.4 is 0 Å². The first-order valence-electron chi connectivity index (χ1n) is 5.32. The number of hydrogen-bond acceptors (Lipinski definition) is 2. The summed E-state index contributed by atoms with van der Waals surface area (Å²) in [6.45, 7) is 13.2. The molecule has 0 aliphatic heterocycles. The molecule has 0 aliphatic rings. The molecule has 0 fully saturated rings. The first-order valence-corrected chi connectivity index (χ1v) is 8.23. The summed E-state index contributed by atoms with van der Waals surface area (Å²) in [4.78, 5) is 10.2. The smallest absolute Gasteiger partial charge is 0.192 e. The zero-order valence-corrected chi connectivity index (χ0v) is 11.4. The first kappa shape index (κ1) is 13.8. The minimum atomic E-state index is -1.63. The van der Waals surface area contributed by atoms with E-state index >= 15 is 0 Å². The maximum absolute atomic E-state index is 10.2. The fourth-order valence-electron chi connectivity index (χ4n) is 1.04. The minimum Gasteiger partial charge on any atom is -0.414 e. The minimum absolute atomic E-state index is 0.209. The maximum Gasteiger partial charge on any atom is 0.192 e. The average Bonchev–Trinajstić information content (AvgIpc) is 1.97. The third kappa shape index (κ3) is 4.38. The third-order valence-electron chi connectivity index (χ3n) is 2.99. The zero-order chi connectivity index (χ0) is 11.4. The van der Waals surface area contributed by atoms with Gasteiger partial charge in [0.15, 0.2) is 8.32 Å². The van der Waals surface area contributed by atoms with Gasteiger partial charge in [-0.3, -0.25) is 0 Å². The van der Waals surface area contributed by atoms with Crippen LogP contribution >= 0.6 is 0 Å². The van der Waals surface area contributed by atoms with Crippen molar-refractivity contribution < 1.29 is 9.22 Å². The zero-order valence-electron chi connectivity index (χ0n) is 10.4. The van der Waals surface area contributed by atoms with E-state index in [2.05, 4.69) is 40.8 Å². The normalized spacial score (nSPS) is 15.3. The molecule has 1 unspecified atom stereocenters. The largest absolute Gasteiger partial charge is 0.414 e. The van der Waals surface area contributed by atoms with E-state index in [9.17, 15) is 4.79 Å². The molecule has 1 atom stereocenters. The van der Waals surface area contributed by atoms with Gasteiger partial charge < -0.3 is 9.22 Å². The fourth-order valence-corrected chi connectivity index (χ4v) is 2.52. The number of carbonyl (C=O) groups is 1. The molecule has 0 aliphatic carbocycles. The molecule has 0 spiro atoms. The van der Waals surface area contributed by atoms with Crippen LogP contribution in [0.5, 0.6) is 0 Å². The highest BCUT2D eigenvalue weighted by molar-refractivity contribution is 6.74. The molecule has 84 valence electrons. The molecule has 0 radical (unpaired) electrons. The molecule has 0 rings (SSSR count). The van der Waals surface area contributed by atoms with Crippen LogP contribution in [-0.4, -0.2) is 20.7 Å². The molecular weight excluding hydrogens is 192 g/mol. The van der Waals surface area contributed by atoms with Crippen molar-refractivity contribution in [1.82, 2.24) is 0 Å². The van der Waals surface area contributed by atoms with Crippen molar-refractivity contribution in [2.24, 2.45) is 0 Å². The van der Waals surface area contributed by atoms with Gasteiger partial charge in [-0.25, -0.2) is 0 Å². The van der Waals surface area contributed by atoms with Crippen molar-refractivity contribution in [3.8, 4) is 0 Å². The predicted molar refractivity (Wildman–Crippen MR) is 63.0 cm³/mol. The molecule has 0 bridgehead atoms. The molecule has 0 heterocycles. The Balaban J connectivity index is 4.15. The summed E-state index contributed by atoms with van der Waals surface area (Å²) in [5.74, 6) is 0. The van der Waals surface area contributed by atoms with E-state index in [1.165, 1.54) is 0 Å². The van der Waals surface area contributed by atoms with E-state index < -0.39 is 8.32 Å². The highest BCUT2D eigenvalue weighted by Crippen LogP contribution is 2.37. The van der Waals surface area contributed by atoms with Crippen LogP contribution in [0.2, 0.25) is 18.1 Å². The lowest BCUT2D eigenvalue weighted by atomic mass is 10.2. The standard InChI is InChI=1S/C11H24O2Si/c1-10(8-7-9-12)13-14(5,6)11(2,3)4/h9-10H,7-8H2,1-6H3. The van der Waals surface area contributed by atoms with Gasteiger partial charge in [0.1, 0.15) is 6.29 Å². The quantitative estimate of drug-likeness (QED) is 0.520. The lowest BCUT2D eigenvalue weighted by Gasteiger charge is -2.38. The Hall–Kier alpha value is -0.153. The van der Waals surface area contributed by atoms with Crippen molar-refractivity contribution >= 4 is 14.6 Å². The van der Waals surface area contributed by atoms with E-state index in [4.69, 9.17) is 4.43 Å². The Bertz CT molecular complexity index is 182. The van der Waals surface area contributed by atoms with E-state index in [-0.39, 0.29) is 11.1 Å². The molecule has 0 aromatic carbocycles. The summed E-state index contributed by atoms with van der Waals surface area (Å²) >= 11 is 0. The Kier molecular flexibility index (Phi) is 5.02. The second-order valence-corrected chi connectivity index (χ2v) is 10.2. The summed E-state index contributed by atoms with van der Waals surface area (Å²) < 4.78 is 6.08. The van der Waals surface area contributed by atoms with Crippen molar-refractivity contribution in [2.75, 3.05) is 0 Å². The van der Waals surface area contributed by atoms with Gasteiger partial charge in [-0.05, 0) is 31.5 Å². The van der Waals surface area contributed by atoms with Crippen molar-refractivity contribution in [2.45, 2.75) is 64.8 Å². The maximum atomic E-state index is 10.2. The molecule has 0 N–H and O–H groups in total. The van der Waals surface area contributed by atoms with Crippen LogP contribution in [0.4, 0.5) is 0 Å². The van der Waals surface area contributed by atoms with E-state index in [1.807, 2.05) is 0 Å². The molecule has 0 amide bonds. The van der Waals surface area contributed by atoms with E-state index in [1.54, 1.807) is 0 Å². The van der Waals surface area contributed by atoms with Gasteiger partial charge in [0.05, 0.1) is 0 Å². The molecular formula is C11H24O2Si. The Morgan fingerprint density at radius 3 is 2.21 bits per heavy atom. The summed E-state index contributed by atoms with van der Waals surface area (Å²) in [6.07, 6.45) is 2.62. The number of hydrogen-bond donors (Lipinski definition) is 0. The van der Waals surface area contributed by atoms with Crippen molar-refractivity contribution in [3.05, 3.63) is 0 Å². The molecule has 0 saturated carbocycles. The predicted octanol–water partition coefficient (Wildman–Crippen LogP) is 3.38. The van der Waals surface area contributed by atoms with Gasteiger partial charge in [0, 0.05) is 12.5 Å². The van der Waals surface area contributed by atoms with Crippen molar-refractivity contribution in [3.63, 3.8) is 0 Å². The Labute approximate surface area is 89.2 Å². The second-order valence-electron chi connectivity index (χ2n) is 5.43. The third-order valence-corrected chi connectivity index (χ3v) is 7.60. The van der Waals surface area contributed by atoms with Crippen LogP contribution in [0.25, 0.3) is 0 Å². The highest BCUT2D eigenvalue weighted by atomic mass is 28.4. The molecule has 2 nitrogen and oxygen atoms in total. The fraction of sp³-hybridized carbons (Fsp3) is 0.909. The van der Waals surface area contributed by atoms with Crippen LogP contribution in [-0.2, 0) is 9.22 Å². The van der Waals surface area contributed by atoms with Gasteiger partial charge in [0.25, 0.3) is 0 Å². The summed E-state index contributed by atoms with van der Waals surface area (Å²) in [7, 11) is -1.63. The topological polar surface area (TPSA) is 26.3 Å². The van der Waals surface area contributed by atoms with Gasteiger partial charge in [-0.15, -0.1) is 0 Å². The van der Waals surface area contributed by atoms with Gasteiger partial charge >= 0.3 is 0 Å². The van der Waals surface area contributed by atoms with Crippen LogP contribution in [0, 0.1) is 0 Å². The van der Waals surface area contributed by atoms with E-state index in [0.717, 1.165) is 12.7 Å². The van der Waals surface area contributed by atoms with Gasteiger partial charge in [0.2, 0.25) is 0 Å². The number of aldehydes is 1. The second kappa shape index (κ2) is 5.08.